The number of aromatic nitrogens is 1. The molecule has 0 saturated carbocycles. The van der Waals surface area contributed by atoms with Crippen molar-refractivity contribution in [3.05, 3.63) is 28.7 Å². The number of carbonyl (C=O) groups is 2. The van der Waals surface area contributed by atoms with Crippen molar-refractivity contribution in [3.8, 4) is 0 Å². The largest absolute Gasteiger partial charge is 0.480 e. The van der Waals surface area contributed by atoms with E-state index in [1.54, 1.807) is 0 Å². The Labute approximate surface area is 106 Å². The fourth-order valence-corrected chi connectivity index (χ4v) is 1.61. The lowest BCUT2D eigenvalue weighted by atomic mass is 10.2. The van der Waals surface area contributed by atoms with Crippen molar-refractivity contribution in [3.63, 3.8) is 0 Å². The molecule has 8 nitrogen and oxygen atoms in total. The van der Waals surface area contributed by atoms with Crippen molar-refractivity contribution in [1.29, 1.82) is 0 Å². The van der Waals surface area contributed by atoms with Gasteiger partial charge < -0.3 is 14.8 Å². The Hall–Kier alpha value is -2.61. The molecule has 0 saturated heterocycles. The summed E-state index contributed by atoms with van der Waals surface area (Å²) >= 11 is 0. The van der Waals surface area contributed by atoms with Crippen LogP contribution in [0.15, 0.2) is 27.4 Å². The summed E-state index contributed by atoms with van der Waals surface area (Å²) in [5.74, 6) is -2.59. The lowest BCUT2D eigenvalue weighted by Crippen LogP contribution is -2.44. The first-order valence-corrected chi connectivity index (χ1v) is 5.35. The molecule has 0 fully saturated rings. The van der Waals surface area contributed by atoms with E-state index in [1.165, 1.54) is 25.2 Å². The molecule has 19 heavy (non-hydrogen) atoms. The number of hydrogen-bond donors (Lipinski definition) is 4. The summed E-state index contributed by atoms with van der Waals surface area (Å²) in [6.45, 7) is 0. The number of aliphatic carboxylic acids is 1. The van der Waals surface area contributed by atoms with Crippen molar-refractivity contribution in [2.75, 3.05) is 12.4 Å². The zero-order chi connectivity index (χ0) is 14.0. The third-order valence-electron chi connectivity index (χ3n) is 2.48. The Balaban J connectivity index is 2.23. The molecule has 1 unspecified atom stereocenters. The summed E-state index contributed by atoms with van der Waals surface area (Å²) < 4.78 is 4.80. The highest BCUT2D eigenvalue weighted by molar-refractivity contribution is 6.08. The fraction of sp³-hybridized carbons (Fsp3) is 0.182. The van der Waals surface area contributed by atoms with Crippen LogP contribution in [0.5, 0.6) is 0 Å². The first-order valence-electron chi connectivity index (χ1n) is 5.35. The van der Waals surface area contributed by atoms with E-state index in [2.05, 4.69) is 15.6 Å². The molecule has 0 spiro atoms. The number of likely N-dealkylation sites (N-methyl/N-ethyl adjacent to an activating group) is 1. The predicted octanol–water partition coefficient (Wildman–Crippen LogP) is -0.268. The third-order valence-corrected chi connectivity index (χ3v) is 2.48. The first-order chi connectivity index (χ1) is 9.01. The van der Waals surface area contributed by atoms with Crippen LogP contribution in [-0.2, 0) is 9.59 Å². The van der Waals surface area contributed by atoms with Gasteiger partial charge in [-0.1, -0.05) is 0 Å². The number of hydrogen-bond acceptors (Lipinski definition) is 5. The van der Waals surface area contributed by atoms with Gasteiger partial charge in [0.25, 0.3) is 5.91 Å². The minimum atomic E-state index is -1.35. The third kappa shape index (κ3) is 2.63. The van der Waals surface area contributed by atoms with Gasteiger partial charge in [0.2, 0.25) is 0 Å². The Morgan fingerprint density at radius 2 is 2.16 bits per heavy atom. The molecule has 0 aliphatic heterocycles. The molecular weight excluding hydrogens is 254 g/mol. The van der Waals surface area contributed by atoms with Gasteiger partial charge in [-0.3, -0.25) is 15.1 Å². The van der Waals surface area contributed by atoms with Gasteiger partial charge in [0.15, 0.2) is 11.6 Å². The van der Waals surface area contributed by atoms with Crippen LogP contribution in [0.4, 0.5) is 5.69 Å². The maximum Gasteiger partial charge on any atom is 0.417 e. The number of aromatic amines is 1. The quantitative estimate of drug-likeness (QED) is 0.564. The summed E-state index contributed by atoms with van der Waals surface area (Å²) in [6.07, 6.45) is 0. The van der Waals surface area contributed by atoms with Crippen LogP contribution >= 0.6 is 0 Å². The number of carboxylic acid groups (broad SMARTS) is 1. The standard InChI is InChI=1S/C11H11N3O5/c1-12-8(10(16)17)9(15)13-5-2-3-7-6(4-5)14-11(18)19-7/h2-4,8,12H,1H3,(H,13,15)(H,14,18)(H,16,17). The van der Waals surface area contributed by atoms with Crippen LogP contribution in [0, 0.1) is 0 Å². The first kappa shape index (κ1) is 12.8. The van der Waals surface area contributed by atoms with Crippen LogP contribution in [0.2, 0.25) is 0 Å². The van der Waals surface area contributed by atoms with Crippen LogP contribution < -0.4 is 16.4 Å². The van der Waals surface area contributed by atoms with E-state index in [9.17, 15) is 14.4 Å². The second kappa shape index (κ2) is 4.94. The molecular formula is C11H11N3O5. The molecule has 100 valence electrons. The number of amides is 1. The predicted molar refractivity (Wildman–Crippen MR) is 65.9 cm³/mol. The minimum Gasteiger partial charge on any atom is -0.480 e. The molecule has 0 radical (unpaired) electrons. The normalized spacial score (nSPS) is 12.3. The second-order valence-electron chi connectivity index (χ2n) is 3.77. The van der Waals surface area contributed by atoms with Crippen molar-refractivity contribution < 1.29 is 19.1 Å². The highest BCUT2D eigenvalue weighted by Gasteiger charge is 2.24. The highest BCUT2D eigenvalue weighted by Crippen LogP contribution is 2.16. The number of oxazole rings is 1. The molecule has 8 heteroatoms. The lowest BCUT2D eigenvalue weighted by molar-refractivity contribution is -0.142. The summed E-state index contributed by atoms with van der Waals surface area (Å²) in [5.41, 5.74) is 1.13. The summed E-state index contributed by atoms with van der Waals surface area (Å²) in [5, 5.41) is 13.6. The molecule has 1 heterocycles. The number of nitrogens with one attached hydrogen (secondary N) is 3. The van der Waals surface area contributed by atoms with Crippen molar-refractivity contribution in [2.45, 2.75) is 6.04 Å². The number of H-pyrrole nitrogens is 1. The average Bonchev–Trinajstić information content (AvgIpc) is 2.68. The van der Waals surface area contributed by atoms with Gasteiger partial charge >= 0.3 is 11.7 Å². The highest BCUT2D eigenvalue weighted by atomic mass is 16.4. The van der Waals surface area contributed by atoms with Crippen molar-refractivity contribution >= 4 is 28.7 Å². The van der Waals surface area contributed by atoms with E-state index < -0.39 is 23.7 Å². The molecule has 1 aromatic carbocycles. The molecule has 0 bridgehead atoms. The SMILES string of the molecule is CNC(C(=O)O)C(=O)Nc1ccc2oc(=O)[nH]c2c1. The topological polar surface area (TPSA) is 124 Å². The van der Waals surface area contributed by atoms with E-state index in [-0.39, 0.29) is 0 Å². The maximum atomic E-state index is 11.7. The van der Waals surface area contributed by atoms with Crippen molar-refractivity contribution in [2.24, 2.45) is 0 Å². The molecule has 0 aliphatic rings. The lowest BCUT2D eigenvalue weighted by Gasteiger charge is -2.11. The van der Waals surface area contributed by atoms with Crippen LogP contribution in [-0.4, -0.2) is 35.1 Å². The van der Waals surface area contributed by atoms with Gasteiger partial charge in [0.05, 0.1) is 5.52 Å². The number of rotatable bonds is 4. The molecule has 1 aromatic heterocycles. The molecule has 0 aliphatic carbocycles. The van der Waals surface area contributed by atoms with Gasteiger partial charge in [0.1, 0.15) is 0 Å². The smallest absolute Gasteiger partial charge is 0.417 e. The fourth-order valence-electron chi connectivity index (χ4n) is 1.61. The molecule has 2 rings (SSSR count). The molecule has 1 atom stereocenters. The Morgan fingerprint density at radius 3 is 2.79 bits per heavy atom. The van der Waals surface area contributed by atoms with Gasteiger partial charge in [-0.15, -0.1) is 0 Å². The monoisotopic (exact) mass is 265 g/mol. The zero-order valence-corrected chi connectivity index (χ0v) is 9.89. The van der Waals surface area contributed by atoms with Gasteiger partial charge in [-0.05, 0) is 25.2 Å². The summed E-state index contributed by atoms with van der Waals surface area (Å²) in [7, 11) is 1.37. The summed E-state index contributed by atoms with van der Waals surface area (Å²) in [6, 6.07) is 3.13. The number of anilines is 1. The Bertz CT molecular complexity index is 687. The Kier molecular flexibility index (Phi) is 3.34. The maximum absolute atomic E-state index is 11.7. The number of fused-ring (bicyclic) bond motifs is 1. The summed E-state index contributed by atoms with van der Waals surface area (Å²) in [4.78, 5) is 35.9. The van der Waals surface area contributed by atoms with Crippen LogP contribution in [0.1, 0.15) is 0 Å². The van der Waals surface area contributed by atoms with E-state index >= 15 is 0 Å². The van der Waals surface area contributed by atoms with E-state index in [4.69, 9.17) is 9.52 Å². The second-order valence-corrected chi connectivity index (χ2v) is 3.77. The van der Waals surface area contributed by atoms with Gasteiger partial charge in [0, 0.05) is 5.69 Å². The molecule has 1 amide bonds. The number of carboxylic acids is 1. The van der Waals surface area contributed by atoms with Crippen LogP contribution in [0.3, 0.4) is 0 Å². The Morgan fingerprint density at radius 1 is 1.42 bits per heavy atom. The van der Waals surface area contributed by atoms with Gasteiger partial charge in [-0.2, -0.15) is 0 Å². The minimum absolute atomic E-state index is 0.353. The average molecular weight is 265 g/mol. The van der Waals surface area contributed by atoms with E-state index in [0.29, 0.717) is 16.8 Å². The molecule has 4 N–H and O–H groups in total. The molecule has 2 aromatic rings. The zero-order valence-electron chi connectivity index (χ0n) is 9.89. The van der Waals surface area contributed by atoms with E-state index in [0.717, 1.165) is 0 Å². The number of benzene rings is 1. The van der Waals surface area contributed by atoms with Crippen molar-refractivity contribution in [1.82, 2.24) is 10.3 Å². The van der Waals surface area contributed by atoms with Crippen LogP contribution in [0.25, 0.3) is 11.1 Å². The van der Waals surface area contributed by atoms with E-state index in [1.807, 2.05) is 0 Å². The van der Waals surface area contributed by atoms with Gasteiger partial charge in [-0.25, -0.2) is 9.59 Å². The number of carbonyl (C=O) groups excluding carboxylic acids is 1.